The molecule has 1 aliphatic rings. The van der Waals surface area contributed by atoms with Crippen molar-refractivity contribution in [3.8, 4) is 0 Å². The summed E-state index contributed by atoms with van der Waals surface area (Å²) >= 11 is 0. The van der Waals surface area contributed by atoms with Crippen molar-refractivity contribution in [1.82, 2.24) is 10.6 Å². The third-order valence-electron chi connectivity index (χ3n) is 5.14. The van der Waals surface area contributed by atoms with Gasteiger partial charge in [0.05, 0.1) is 6.04 Å². The first-order chi connectivity index (χ1) is 13.0. The molecule has 2 aromatic carbocycles. The minimum atomic E-state index is -0.273. The summed E-state index contributed by atoms with van der Waals surface area (Å²) < 4.78 is 13.3. The van der Waals surface area contributed by atoms with Gasteiger partial charge >= 0.3 is 0 Å². The molecule has 0 radical (unpaired) electrons. The Bertz CT molecular complexity index is 781. The molecule has 0 aliphatic heterocycles. The molecular weight excluding hydrogens is 343 g/mol. The first kappa shape index (κ1) is 19.1. The Morgan fingerprint density at radius 3 is 2.26 bits per heavy atom. The van der Waals surface area contributed by atoms with Crippen molar-refractivity contribution >= 4 is 11.8 Å². The van der Waals surface area contributed by atoms with Crippen LogP contribution in [0.25, 0.3) is 0 Å². The van der Waals surface area contributed by atoms with Crippen LogP contribution in [0.4, 0.5) is 4.39 Å². The molecule has 0 heterocycles. The Morgan fingerprint density at radius 2 is 1.67 bits per heavy atom. The maximum atomic E-state index is 13.3. The molecule has 3 rings (SSSR count). The fourth-order valence-electron chi connectivity index (χ4n) is 3.66. The second-order valence-electron chi connectivity index (χ2n) is 7.15. The summed E-state index contributed by atoms with van der Waals surface area (Å²) in [4.78, 5) is 23.8. The zero-order valence-electron chi connectivity index (χ0n) is 15.5. The fraction of sp³-hybridized carbons (Fsp3) is 0.364. The summed E-state index contributed by atoms with van der Waals surface area (Å²) in [6.07, 6.45) is 4.46. The molecule has 1 atom stereocenters. The lowest BCUT2D eigenvalue weighted by atomic mass is 9.91. The minimum Gasteiger partial charge on any atom is -0.352 e. The Kier molecular flexibility index (Phi) is 6.22. The van der Waals surface area contributed by atoms with E-state index in [4.69, 9.17) is 0 Å². The van der Waals surface area contributed by atoms with Gasteiger partial charge in [-0.05, 0) is 54.2 Å². The molecular formula is C22H25FN2O2. The molecule has 0 aromatic heterocycles. The maximum Gasteiger partial charge on any atom is 0.251 e. The number of halogens is 1. The summed E-state index contributed by atoms with van der Waals surface area (Å²) in [5.74, 6) is -0.124. The smallest absolute Gasteiger partial charge is 0.251 e. The zero-order chi connectivity index (χ0) is 19.2. The lowest BCUT2D eigenvalue weighted by Crippen LogP contribution is -2.32. The average molecular weight is 368 g/mol. The van der Waals surface area contributed by atoms with Gasteiger partial charge in [-0.3, -0.25) is 9.59 Å². The van der Waals surface area contributed by atoms with Gasteiger partial charge in [-0.15, -0.1) is 0 Å². The van der Waals surface area contributed by atoms with E-state index in [1.165, 1.54) is 19.1 Å². The number of carbonyl (C=O) groups is 2. The van der Waals surface area contributed by atoms with E-state index in [9.17, 15) is 14.0 Å². The molecule has 0 unspecified atom stereocenters. The van der Waals surface area contributed by atoms with E-state index >= 15 is 0 Å². The van der Waals surface area contributed by atoms with Gasteiger partial charge in [0.1, 0.15) is 5.82 Å². The van der Waals surface area contributed by atoms with Crippen LogP contribution in [-0.2, 0) is 11.3 Å². The van der Waals surface area contributed by atoms with Crippen LogP contribution in [0.3, 0.4) is 0 Å². The number of benzene rings is 2. The van der Waals surface area contributed by atoms with Crippen molar-refractivity contribution in [3.63, 3.8) is 0 Å². The van der Waals surface area contributed by atoms with Crippen molar-refractivity contribution in [2.45, 2.75) is 45.2 Å². The van der Waals surface area contributed by atoms with E-state index in [2.05, 4.69) is 10.6 Å². The third kappa shape index (κ3) is 5.16. The second-order valence-corrected chi connectivity index (χ2v) is 7.15. The molecule has 2 aromatic rings. The first-order valence-electron chi connectivity index (χ1n) is 9.42. The number of nitrogens with one attached hydrogen (secondary N) is 2. The van der Waals surface area contributed by atoms with Crippen LogP contribution in [0.5, 0.6) is 0 Å². The van der Waals surface area contributed by atoms with E-state index in [0.29, 0.717) is 18.0 Å². The number of hydrogen-bond donors (Lipinski definition) is 2. The standard InChI is InChI=1S/C22H25FN2O2/c1-15(26)24-14-16-6-8-19(9-7-16)22(27)25-21(17-4-2-3-5-17)18-10-12-20(23)13-11-18/h6-13,17,21H,2-5,14H2,1H3,(H,24,26)(H,25,27)/t21-/m1/s1. The van der Waals surface area contributed by atoms with Gasteiger partial charge in [0.25, 0.3) is 5.91 Å². The summed E-state index contributed by atoms with van der Waals surface area (Å²) in [6, 6.07) is 13.5. The number of carbonyl (C=O) groups excluding carboxylic acids is 2. The average Bonchev–Trinajstić information content (AvgIpc) is 3.20. The van der Waals surface area contributed by atoms with Crippen molar-refractivity contribution in [3.05, 3.63) is 71.0 Å². The predicted molar refractivity (Wildman–Crippen MR) is 103 cm³/mol. The van der Waals surface area contributed by atoms with E-state index in [1.54, 1.807) is 24.3 Å². The zero-order valence-corrected chi connectivity index (χ0v) is 15.5. The van der Waals surface area contributed by atoms with Crippen LogP contribution < -0.4 is 10.6 Å². The fourth-order valence-corrected chi connectivity index (χ4v) is 3.66. The van der Waals surface area contributed by atoms with Gasteiger partial charge < -0.3 is 10.6 Å². The molecule has 5 heteroatoms. The molecule has 142 valence electrons. The normalized spacial score (nSPS) is 15.3. The highest BCUT2D eigenvalue weighted by atomic mass is 19.1. The molecule has 27 heavy (non-hydrogen) atoms. The SMILES string of the molecule is CC(=O)NCc1ccc(C(=O)N[C@@H](c2ccc(F)cc2)C2CCCC2)cc1. The second kappa shape index (κ2) is 8.80. The topological polar surface area (TPSA) is 58.2 Å². The van der Waals surface area contributed by atoms with Crippen LogP contribution in [0.2, 0.25) is 0 Å². The quantitative estimate of drug-likeness (QED) is 0.806. The van der Waals surface area contributed by atoms with Gasteiger partial charge in [0.15, 0.2) is 0 Å². The first-order valence-corrected chi connectivity index (χ1v) is 9.42. The van der Waals surface area contributed by atoms with Crippen LogP contribution in [0.1, 0.15) is 60.1 Å². The molecule has 0 saturated heterocycles. The van der Waals surface area contributed by atoms with Gasteiger partial charge in [-0.25, -0.2) is 4.39 Å². The van der Waals surface area contributed by atoms with Crippen LogP contribution >= 0.6 is 0 Å². The molecule has 4 nitrogen and oxygen atoms in total. The molecule has 0 spiro atoms. The number of amides is 2. The number of hydrogen-bond acceptors (Lipinski definition) is 2. The highest BCUT2D eigenvalue weighted by Gasteiger charge is 2.28. The van der Waals surface area contributed by atoms with Crippen molar-refractivity contribution < 1.29 is 14.0 Å². The van der Waals surface area contributed by atoms with Crippen LogP contribution in [0, 0.1) is 11.7 Å². The highest BCUT2D eigenvalue weighted by molar-refractivity contribution is 5.94. The van der Waals surface area contributed by atoms with Gasteiger partial charge in [0.2, 0.25) is 5.91 Å². The molecule has 1 aliphatic carbocycles. The van der Waals surface area contributed by atoms with Crippen LogP contribution in [0.15, 0.2) is 48.5 Å². The summed E-state index contributed by atoms with van der Waals surface area (Å²) in [7, 11) is 0. The Morgan fingerprint density at radius 1 is 1.04 bits per heavy atom. The van der Waals surface area contributed by atoms with Crippen molar-refractivity contribution in [2.75, 3.05) is 0 Å². The maximum absolute atomic E-state index is 13.3. The Labute approximate surface area is 159 Å². The molecule has 2 N–H and O–H groups in total. The van der Waals surface area contributed by atoms with E-state index in [0.717, 1.165) is 36.8 Å². The molecule has 2 amide bonds. The molecule has 0 bridgehead atoms. The van der Waals surface area contributed by atoms with E-state index in [-0.39, 0.29) is 23.7 Å². The molecule has 1 fully saturated rings. The third-order valence-corrected chi connectivity index (χ3v) is 5.14. The van der Waals surface area contributed by atoms with Crippen LogP contribution in [-0.4, -0.2) is 11.8 Å². The summed E-state index contributed by atoms with van der Waals surface area (Å²) in [6.45, 7) is 1.91. The van der Waals surface area contributed by atoms with Crippen molar-refractivity contribution in [2.24, 2.45) is 5.92 Å². The lowest BCUT2D eigenvalue weighted by Gasteiger charge is -2.25. The predicted octanol–water partition coefficient (Wildman–Crippen LogP) is 4.12. The largest absolute Gasteiger partial charge is 0.352 e. The van der Waals surface area contributed by atoms with Gasteiger partial charge in [0, 0.05) is 19.0 Å². The number of rotatable bonds is 6. The van der Waals surface area contributed by atoms with E-state index in [1.807, 2.05) is 12.1 Å². The summed E-state index contributed by atoms with van der Waals surface area (Å²) in [5, 5.41) is 5.89. The van der Waals surface area contributed by atoms with Gasteiger partial charge in [-0.1, -0.05) is 37.1 Å². The summed E-state index contributed by atoms with van der Waals surface area (Å²) in [5.41, 5.74) is 2.46. The Balaban J connectivity index is 1.72. The lowest BCUT2D eigenvalue weighted by molar-refractivity contribution is -0.119. The monoisotopic (exact) mass is 368 g/mol. The van der Waals surface area contributed by atoms with Crippen molar-refractivity contribution in [1.29, 1.82) is 0 Å². The highest BCUT2D eigenvalue weighted by Crippen LogP contribution is 2.36. The van der Waals surface area contributed by atoms with E-state index < -0.39 is 0 Å². The molecule has 1 saturated carbocycles. The minimum absolute atomic E-state index is 0.0875. The Hall–Kier alpha value is -2.69. The van der Waals surface area contributed by atoms with Gasteiger partial charge in [-0.2, -0.15) is 0 Å².